The summed E-state index contributed by atoms with van der Waals surface area (Å²) < 4.78 is 14.2. The molecule has 1 aliphatic rings. The van der Waals surface area contributed by atoms with Crippen molar-refractivity contribution in [3.8, 4) is 0 Å². The van der Waals surface area contributed by atoms with Crippen LogP contribution in [0.5, 0.6) is 0 Å². The molecule has 20 heavy (non-hydrogen) atoms. The topological polar surface area (TPSA) is 40.5 Å². The van der Waals surface area contributed by atoms with Crippen molar-refractivity contribution in [1.29, 1.82) is 0 Å². The molecule has 0 bridgehead atoms. The van der Waals surface area contributed by atoms with Gasteiger partial charge in [0.1, 0.15) is 5.82 Å². The van der Waals surface area contributed by atoms with Crippen LogP contribution in [0.25, 0.3) is 0 Å². The molecule has 0 amide bonds. The molecule has 2 atom stereocenters. The summed E-state index contributed by atoms with van der Waals surface area (Å²) in [4.78, 5) is 13.6. The van der Waals surface area contributed by atoms with E-state index in [0.717, 1.165) is 0 Å². The third kappa shape index (κ3) is 2.81. The van der Waals surface area contributed by atoms with Crippen molar-refractivity contribution in [3.63, 3.8) is 0 Å². The van der Waals surface area contributed by atoms with Gasteiger partial charge in [0.05, 0.1) is 10.9 Å². The Balaban J connectivity index is 2.38. The SMILES string of the molecule is CC(C)(C)N1C[C@H](C(=O)O)[C@@H](c2cccc(Cl)c2F)C1. The van der Waals surface area contributed by atoms with Crippen LogP contribution in [0.1, 0.15) is 32.3 Å². The molecule has 1 N–H and O–H groups in total. The Labute approximate surface area is 123 Å². The van der Waals surface area contributed by atoms with Gasteiger partial charge in [0, 0.05) is 24.5 Å². The number of hydrogen-bond donors (Lipinski definition) is 1. The van der Waals surface area contributed by atoms with E-state index in [-0.39, 0.29) is 16.5 Å². The molecular weight excluding hydrogens is 281 g/mol. The molecule has 2 rings (SSSR count). The number of carboxylic acids is 1. The first kappa shape index (κ1) is 15.3. The molecule has 0 unspecified atom stereocenters. The highest BCUT2D eigenvalue weighted by molar-refractivity contribution is 6.30. The molecule has 1 aromatic carbocycles. The van der Waals surface area contributed by atoms with E-state index in [1.807, 2.05) is 20.8 Å². The average molecular weight is 300 g/mol. The van der Waals surface area contributed by atoms with Crippen LogP contribution >= 0.6 is 11.6 Å². The number of benzene rings is 1. The smallest absolute Gasteiger partial charge is 0.308 e. The maximum absolute atomic E-state index is 14.2. The zero-order valence-corrected chi connectivity index (χ0v) is 12.6. The van der Waals surface area contributed by atoms with Gasteiger partial charge in [-0.2, -0.15) is 0 Å². The first-order valence-electron chi connectivity index (χ1n) is 6.63. The highest BCUT2D eigenvalue weighted by atomic mass is 35.5. The molecule has 0 saturated carbocycles. The van der Waals surface area contributed by atoms with Gasteiger partial charge in [-0.05, 0) is 32.4 Å². The second-order valence-electron chi connectivity index (χ2n) is 6.27. The number of halogens is 2. The van der Waals surface area contributed by atoms with E-state index in [1.165, 1.54) is 6.07 Å². The first-order valence-corrected chi connectivity index (χ1v) is 7.01. The van der Waals surface area contributed by atoms with Crippen LogP contribution in [0.2, 0.25) is 5.02 Å². The third-order valence-electron chi connectivity index (χ3n) is 3.97. The predicted octanol–water partition coefficient (Wildman–Crippen LogP) is 3.38. The highest BCUT2D eigenvalue weighted by Gasteiger charge is 2.43. The Hall–Kier alpha value is -1.13. The van der Waals surface area contributed by atoms with Crippen molar-refractivity contribution >= 4 is 17.6 Å². The lowest BCUT2D eigenvalue weighted by atomic mass is 9.89. The lowest BCUT2D eigenvalue weighted by Gasteiger charge is -2.31. The number of hydrogen-bond acceptors (Lipinski definition) is 2. The van der Waals surface area contributed by atoms with Crippen molar-refractivity contribution in [2.75, 3.05) is 13.1 Å². The predicted molar refractivity (Wildman–Crippen MR) is 76.6 cm³/mol. The minimum absolute atomic E-state index is 0.0425. The average Bonchev–Trinajstić information content (AvgIpc) is 2.77. The third-order valence-corrected chi connectivity index (χ3v) is 4.26. The van der Waals surface area contributed by atoms with Crippen molar-refractivity contribution in [1.82, 2.24) is 4.90 Å². The maximum atomic E-state index is 14.2. The lowest BCUT2D eigenvalue weighted by molar-refractivity contribution is -0.141. The second-order valence-corrected chi connectivity index (χ2v) is 6.68. The van der Waals surface area contributed by atoms with Gasteiger partial charge in [-0.25, -0.2) is 4.39 Å². The fourth-order valence-electron chi connectivity index (χ4n) is 2.72. The summed E-state index contributed by atoms with van der Waals surface area (Å²) in [5.74, 6) is -2.37. The first-order chi connectivity index (χ1) is 9.21. The van der Waals surface area contributed by atoms with Gasteiger partial charge in [-0.3, -0.25) is 9.69 Å². The second kappa shape index (κ2) is 5.34. The van der Waals surface area contributed by atoms with E-state index in [2.05, 4.69) is 4.90 Å². The molecule has 1 aromatic rings. The fraction of sp³-hybridized carbons (Fsp3) is 0.533. The van der Waals surface area contributed by atoms with Crippen LogP contribution in [0, 0.1) is 11.7 Å². The largest absolute Gasteiger partial charge is 0.481 e. The standard InChI is InChI=1S/C15H19ClFNO2/c1-15(2,3)18-7-10(11(8-18)14(19)20)9-5-4-6-12(16)13(9)17/h4-6,10-11H,7-8H2,1-3H3,(H,19,20)/t10-,11+/m1/s1. The molecule has 5 heteroatoms. The Morgan fingerprint density at radius 3 is 2.60 bits per heavy atom. The van der Waals surface area contributed by atoms with Crippen LogP contribution in [0.3, 0.4) is 0 Å². The zero-order chi connectivity index (χ0) is 15.1. The van der Waals surface area contributed by atoms with E-state index < -0.39 is 17.7 Å². The molecule has 0 aromatic heterocycles. The van der Waals surface area contributed by atoms with E-state index in [9.17, 15) is 14.3 Å². The fourth-order valence-corrected chi connectivity index (χ4v) is 2.91. The number of rotatable bonds is 2. The van der Waals surface area contributed by atoms with Crippen molar-refractivity contribution in [2.45, 2.75) is 32.2 Å². The molecule has 1 fully saturated rings. The van der Waals surface area contributed by atoms with Gasteiger partial charge in [0.2, 0.25) is 0 Å². The summed E-state index contributed by atoms with van der Waals surface area (Å²) in [7, 11) is 0. The van der Waals surface area contributed by atoms with Crippen LogP contribution in [-0.4, -0.2) is 34.6 Å². The van der Waals surface area contributed by atoms with Crippen LogP contribution < -0.4 is 0 Å². The molecule has 1 aliphatic heterocycles. The Bertz CT molecular complexity index is 527. The number of nitrogens with zero attached hydrogens (tertiary/aromatic N) is 1. The zero-order valence-electron chi connectivity index (χ0n) is 11.9. The molecule has 1 saturated heterocycles. The Kier molecular flexibility index (Phi) is 4.07. The van der Waals surface area contributed by atoms with Gasteiger partial charge >= 0.3 is 5.97 Å². The summed E-state index contributed by atoms with van der Waals surface area (Å²) in [6.07, 6.45) is 0. The van der Waals surface area contributed by atoms with E-state index in [0.29, 0.717) is 18.7 Å². The monoisotopic (exact) mass is 299 g/mol. The molecule has 0 radical (unpaired) electrons. The van der Waals surface area contributed by atoms with E-state index in [1.54, 1.807) is 12.1 Å². The normalized spacial score (nSPS) is 24.1. The quantitative estimate of drug-likeness (QED) is 0.910. The van der Waals surface area contributed by atoms with Gasteiger partial charge in [-0.1, -0.05) is 23.7 Å². The number of carboxylic acid groups (broad SMARTS) is 1. The minimum Gasteiger partial charge on any atom is -0.481 e. The van der Waals surface area contributed by atoms with Gasteiger partial charge in [-0.15, -0.1) is 0 Å². The van der Waals surface area contributed by atoms with Crippen LogP contribution in [-0.2, 0) is 4.79 Å². The lowest BCUT2D eigenvalue weighted by Crippen LogP contribution is -2.40. The van der Waals surface area contributed by atoms with Crippen LogP contribution in [0.4, 0.5) is 4.39 Å². The van der Waals surface area contributed by atoms with E-state index in [4.69, 9.17) is 11.6 Å². The Morgan fingerprint density at radius 2 is 2.05 bits per heavy atom. The molecular formula is C15H19ClFNO2. The number of aliphatic carboxylic acids is 1. The molecule has 110 valence electrons. The van der Waals surface area contributed by atoms with Crippen molar-refractivity contribution in [2.24, 2.45) is 5.92 Å². The summed E-state index contributed by atoms with van der Waals surface area (Å²) in [6.45, 7) is 7.04. The Morgan fingerprint density at radius 1 is 1.40 bits per heavy atom. The summed E-state index contributed by atoms with van der Waals surface area (Å²) >= 11 is 5.81. The molecule has 3 nitrogen and oxygen atoms in total. The summed E-state index contributed by atoms with van der Waals surface area (Å²) in [6, 6.07) is 4.78. The summed E-state index contributed by atoms with van der Waals surface area (Å²) in [5, 5.41) is 9.45. The van der Waals surface area contributed by atoms with Gasteiger partial charge in [0.25, 0.3) is 0 Å². The minimum atomic E-state index is -0.888. The number of carbonyl (C=O) groups is 1. The summed E-state index contributed by atoms with van der Waals surface area (Å²) in [5.41, 5.74) is 0.258. The number of likely N-dealkylation sites (tertiary alicyclic amines) is 1. The molecule has 0 spiro atoms. The molecule has 0 aliphatic carbocycles. The van der Waals surface area contributed by atoms with Crippen LogP contribution in [0.15, 0.2) is 18.2 Å². The van der Waals surface area contributed by atoms with Crippen molar-refractivity contribution < 1.29 is 14.3 Å². The van der Waals surface area contributed by atoms with Gasteiger partial charge in [0.15, 0.2) is 0 Å². The highest BCUT2D eigenvalue weighted by Crippen LogP contribution is 2.38. The van der Waals surface area contributed by atoms with Crippen molar-refractivity contribution in [3.05, 3.63) is 34.6 Å². The maximum Gasteiger partial charge on any atom is 0.308 e. The van der Waals surface area contributed by atoms with Gasteiger partial charge < -0.3 is 5.11 Å². The van der Waals surface area contributed by atoms with E-state index >= 15 is 0 Å². The molecule has 1 heterocycles.